The van der Waals surface area contributed by atoms with E-state index in [1.54, 1.807) is 17.2 Å². The van der Waals surface area contributed by atoms with Crippen molar-refractivity contribution in [3.8, 4) is 22.4 Å². The number of rotatable bonds is 9. The van der Waals surface area contributed by atoms with Crippen molar-refractivity contribution in [2.45, 2.75) is 84.8 Å². The van der Waals surface area contributed by atoms with Crippen LogP contribution >= 0.6 is 0 Å². The number of aromatic nitrogens is 4. The van der Waals surface area contributed by atoms with Crippen molar-refractivity contribution in [1.29, 1.82) is 0 Å². The van der Waals surface area contributed by atoms with Crippen LogP contribution in [0.4, 0.5) is 9.18 Å². The van der Waals surface area contributed by atoms with E-state index in [9.17, 15) is 14.4 Å². The lowest BCUT2D eigenvalue weighted by Gasteiger charge is -2.30. The van der Waals surface area contributed by atoms with Crippen LogP contribution in [0.15, 0.2) is 54.7 Å². The number of alkyl carbamates (subject to hydrolysis) is 1. The van der Waals surface area contributed by atoms with Crippen LogP contribution in [0.2, 0.25) is 0 Å². The number of hydrogen-bond donors (Lipinski definition) is 3. The van der Waals surface area contributed by atoms with Crippen LogP contribution < -0.4 is 5.32 Å². The maximum absolute atomic E-state index is 16.0. The Morgan fingerprint density at radius 2 is 1.67 bits per heavy atom. The lowest BCUT2D eigenvalue weighted by atomic mass is 9.96. The van der Waals surface area contributed by atoms with Gasteiger partial charge in [0.2, 0.25) is 11.8 Å². The van der Waals surface area contributed by atoms with Gasteiger partial charge in [-0.3, -0.25) is 9.59 Å². The predicted octanol–water partition coefficient (Wildman–Crippen LogP) is 8.30. The zero-order valence-electron chi connectivity index (χ0n) is 32.4. The molecule has 3 amide bonds. The predicted molar refractivity (Wildman–Crippen MR) is 209 cm³/mol. The van der Waals surface area contributed by atoms with Crippen molar-refractivity contribution in [2.75, 3.05) is 20.2 Å². The van der Waals surface area contributed by atoms with Crippen LogP contribution in [0.1, 0.15) is 90.5 Å². The second-order valence-corrected chi connectivity index (χ2v) is 16.7. The zero-order chi connectivity index (χ0) is 38.8. The van der Waals surface area contributed by atoms with E-state index in [1.807, 2.05) is 63.2 Å². The quantitative estimate of drug-likeness (QED) is 0.139. The van der Waals surface area contributed by atoms with Crippen molar-refractivity contribution >= 4 is 39.7 Å². The summed E-state index contributed by atoms with van der Waals surface area (Å²) in [7, 11) is 1.28. The van der Waals surface area contributed by atoms with Crippen LogP contribution in [0.5, 0.6) is 0 Å². The van der Waals surface area contributed by atoms with Gasteiger partial charge in [0, 0.05) is 30.0 Å². The molecule has 1 aliphatic carbocycles. The van der Waals surface area contributed by atoms with Crippen molar-refractivity contribution in [3.63, 3.8) is 0 Å². The topological polar surface area (TPSA) is 136 Å². The molecule has 0 radical (unpaired) electrons. The van der Waals surface area contributed by atoms with E-state index >= 15 is 4.39 Å². The Kier molecular flexibility index (Phi) is 9.41. The van der Waals surface area contributed by atoms with E-state index in [4.69, 9.17) is 9.72 Å². The SMILES string of the molecule is COC(=O)N[C@H](C(=O)N1CCC[C@H]1c1ncc(-c2ccc3cc(-c4ccc5nc([C@@H]6CC7(CC7)CN6C(=O)[C@@H](C)C(C)C)[nH]c5c4)cc(F)c3c2)[nH]1)C(C)C. The molecule has 2 aliphatic heterocycles. The average molecular weight is 748 g/mol. The maximum atomic E-state index is 16.0. The van der Waals surface area contributed by atoms with Crippen molar-refractivity contribution in [3.05, 3.63) is 72.2 Å². The van der Waals surface area contributed by atoms with Crippen molar-refractivity contribution in [2.24, 2.45) is 23.2 Å². The molecule has 3 fully saturated rings. The molecule has 1 saturated carbocycles. The number of carbonyl (C=O) groups excluding carboxylic acids is 3. The molecule has 2 aromatic heterocycles. The number of methoxy groups -OCH3 is 1. The molecule has 3 aliphatic rings. The van der Waals surface area contributed by atoms with Gasteiger partial charge in [-0.2, -0.15) is 0 Å². The summed E-state index contributed by atoms with van der Waals surface area (Å²) in [6.45, 7) is 11.3. The number of benzene rings is 3. The minimum atomic E-state index is -0.720. The largest absolute Gasteiger partial charge is 0.453 e. The molecule has 288 valence electrons. The number of fused-ring (bicyclic) bond motifs is 2. The highest BCUT2D eigenvalue weighted by atomic mass is 19.1. The lowest BCUT2D eigenvalue weighted by Crippen LogP contribution is -2.51. The van der Waals surface area contributed by atoms with E-state index in [-0.39, 0.29) is 52.9 Å². The molecule has 4 atom stereocenters. The second kappa shape index (κ2) is 14.1. The normalized spacial score (nSPS) is 20.2. The molecule has 55 heavy (non-hydrogen) atoms. The highest BCUT2D eigenvalue weighted by Gasteiger charge is 2.54. The Morgan fingerprint density at radius 1 is 0.891 bits per heavy atom. The van der Waals surface area contributed by atoms with Gasteiger partial charge in [-0.25, -0.2) is 19.2 Å². The third kappa shape index (κ3) is 6.84. The number of aromatic amines is 2. The van der Waals surface area contributed by atoms with E-state index in [0.29, 0.717) is 17.8 Å². The number of amides is 3. The molecule has 0 unspecified atom stereocenters. The first-order valence-electron chi connectivity index (χ1n) is 19.6. The summed E-state index contributed by atoms with van der Waals surface area (Å²) >= 11 is 0. The van der Waals surface area contributed by atoms with Crippen molar-refractivity contribution in [1.82, 2.24) is 35.1 Å². The molecule has 8 rings (SSSR count). The number of carbonyl (C=O) groups is 3. The number of ether oxygens (including phenoxy) is 1. The fourth-order valence-corrected chi connectivity index (χ4v) is 8.48. The first-order chi connectivity index (χ1) is 26.3. The minimum absolute atomic E-state index is 0.0507. The lowest BCUT2D eigenvalue weighted by molar-refractivity contribution is -0.137. The summed E-state index contributed by atoms with van der Waals surface area (Å²) in [5.41, 5.74) is 5.05. The first-order valence-corrected chi connectivity index (χ1v) is 19.6. The molecule has 3 aromatic carbocycles. The minimum Gasteiger partial charge on any atom is -0.453 e. The van der Waals surface area contributed by atoms with Gasteiger partial charge >= 0.3 is 6.09 Å². The van der Waals surface area contributed by atoms with Crippen LogP contribution in [0.3, 0.4) is 0 Å². The number of halogens is 1. The molecule has 2 saturated heterocycles. The number of imidazole rings is 2. The summed E-state index contributed by atoms with van der Waals surface area (Å²) in [5, 5.41) is 3.94. The molecule has 3 N–H and O–H groups in total. The Morgan fingerprint density at radius 3 is 2.40 bits per heavy atom. The van der Waals surface area contributed by atoms with Crippen molar-refractivity contribution < 1.29 is 23.5 Å². The summed E-state index contributed by atoms with van der Waals surface area (Å²) < 4.78 is 20.7. The highest BCUT2D eigenvalue weighted by molar-refractivity contribution is 5.92. The van der Waals surface area contributed by atoms with Gasteiger partial charge in [0.25, 0.3) is 0 Å². The second-order valence-electron chi connectivity index (χ2n) is 16.7. The van der Waals surface area contributed by atoms with Gasteiger partial charge in [-0.1, -0.05) is 52.8 Å². The number of hydrogen-bond acceptors (Lipinski definition) is 6. The summed E-state index contributed by atoms with van der Waals surface area (Å²) in [5.74, 6) is 1.25. The van der Waals surface area contributed by atoms with Crippen LogP contribution in [0.25, 0.3) is 44.2 Å². The maximum Gasteiger partial charge on any atom is 0.407 e. The fourth-order valence-electron chi connectivity index (χ4n) is 8.48. The molecule has 0 bridgehead atoms. The highest BCUT2D eigenvalue weighted by Crippen LogP contribution is 2.58. The van der Waals surface area contributed by atoms with E-state index < -0.39 is 12.1 Å². The average Bonchev–Trinajstić information content (AvgIpc) is 3.66. The molecule has 11 nitrogen and oxygen atoms in total. The van der Waals surface area contributed by atoms with Gasteiger partial charge < -0.3 is 29.8 Å². The smallest absolute Gasteiger partial charge is 0.407 e. The Balaban J connectivity index is 1.02. The summed E-state index contributed by atoms with van der Waals surface area (Å²) in [4.78, 5) is 59.5. The Hall–Kier alpha value is -5.26. The van der Waals surface area contributed by atoms with E-state index in [0.717, 1.165) is 83.3 Å². The zero-order valence-corrected chi connectivity index (χ0v) is 32.4. The van der Waals surface area contributed by atoms with Gasteiger partial charge in [0.15, 0.2) is 0 Å². The number of likely N-dealkylation sites (tertiary alicyclic amines) is 2. The van der Waals surface area contributed by atoms with Crippen LogP contribution in [-0.4, -0.2) is 73.9 Å². The van der Waals surface area contributed by atoms with Gasteiger partial charge in [0.05, 0.1) is 42.1 Å². The Labute approximate surface area is 320 Å². The van der Waals surface area contributed by atoms with Crippen LogP contribution in [-0.2, 0) is 14.3 Å². The fraction of sp³-hybridized carbons (Fsp3) is 0.465. The summed E-state index contributed by atoms with van der Waals surface area (Å²) in [6, 6.07) is 14.1. The molecule has 1 spiro atoms. The van der Waals surface area contributed by atoms with Crippen LogP contribution in [0, 0.1) is 29.0 Å². The van der Waals surface area contributed by atoms with E-state index in [1.165, 1.54) is 7.11 Å². The summed E-state index contributed by atoms with van der Waals surface area (Å²) in [6.07, 6.45) is 5.87. The molecular weight excluding hydrogens is 698 g/mol. The monoisotopic (exact) mass is 747 g/mol. The number of nitrogens with one attached hydrogen (secondary N) is 3. The first kappa shape index (κ1) is 36.7. The third-order valence-electron chi connectivity index (χ3n) is 12.3. The van der Waals surface area contributed by atoms with E-state index in [2.05, 4.69) is 39.0 Å². The van der Waals surface area contributed by atoms with Gasteiger partial charge in [-0.15, -0.1) is 0 Å². The molecule has 4 heterocycles. The van der Waals surface area contributed by atoms with Gasteiger partial charge in [-0.05, 0) is 96.2 Å². The third-order valence-corrected chi connectivity index (χ3v) is 12.3. The van der Waals surface area contributed by atoms with Gasteiger partial charge in [0.1, 0.15) is 23.5 Å². The molecular formula is C43H50FN7O4. The molecule has 5 aromatic rings. The number of nitrogens with zero attached hydrogens (tertiary/aromatic N) is 4. The standard InChI is InChI=1S/C43H50FN7O4/c1-23(2)25(5)40(52)51-22-43(13-14-43)20-36(51)39-46-32-12-11-26(19-33(32)47-39)29-16-27-9-10-28(17-30(27)31(44)18-29)34-21-45-38(48-34)35-8-7-15-50(35)41(53)37(24(3)4)49-42(54)55-6/h9-12,16-19,21,23-25,35-37H,7-8,13-15,20,22H2,1-6H3,(H,45,48)(H,46,47)(H,49,54)/t25-,35-,36-,37-/m0/s1. The Bertz CT molecular complexity index is 2290. The molecule has 12 heteroatoms. The number of H-pyrrole nitrogens is 2.